The van der Waals surface area contributed by atoms with Gasteiger partial charge in [0.05, 0.1) is 6.61 Å². The Labute approximate surface area is 131 Å². The maximum Gasteiger partial charge on any atom is 0.330 e. The summed E-state index contributed by atoms with van der Waals surface area (Å²) in [6, 6.07) is 7.15. The van der Waals surface area contributed by atoms with Crippen LogP contribution in [0.1, 0.15) is 39.2 Å². The van der Waals surface area contributed by atoms with E-state index in [1.165, 1.54) is 6.08 Å². The van der Waals surface area contributed by atoms with E-state index < -0.39 is 0 Å². The van der Waals surface area contributed by atoms with Crippen LogP contribution >= 0.6 is 0 Å². The minimum atomic E-state index is -0.367. The van der Waals surface area contributed by atoms with E-state index in [0.29, 0.717) is 12.3 Å². The molecular weight excluding hydrogens is 280 g/mol. The Morgan fingerprint density at radius 3 is 2.50 bits per heavy atom. The van der Waals surface area contributed by atoms with E-state index in [-0.39, 0.29) is 18.0 Å². The van der Waals surface area contributed by atoms with Crippen molar-refractivity contribution in [3.05, 3.63) is 35.9 Å². The van der Waals surface area contributed by atoms with Gasteiger partial charge in [0.2, 0.25) is 0 Å². The number of carbonyl (C=O) groups excluding carboxylic acids is 2. The van der Waals surface area contributed by atoms with Crippen molar-refractivity contribution in [3.63, 3.8) is 0 Å². The maximum atomic E-state index is 11.8. The standard InChI is InChI=1S/C17H24N2O3/c1-4-6-13(3)18-17(21)19-15-10-7-14(8-11-15)9-12-16(20)22-5-2/h7-13H,4-6H2,1-3H3,(H2,18,19,21)/b12-9+/t13-/m0/s1. The molecule has 1 aromatic rings. The highest BCUT2D eigenvalue weighted by molar-refractivity contribution is 5.90. The van der Waals surface area contributed by atoms with Crippen LogP contribution < -0.4 is 10.6 Å². The number of benzene rings is 1. The fraction of sp³-hybridized carbons (Fsp3) is 0.412. The van der Waals surface area contributed by atoms with Crippen molar-refractivity contribution in [3.8, 4) is 0 Å². The number of nitrogens with one attached hydrogen (secondary N) is 2. The van der Waals surface area contributed by atoms with Crippen LogP contribution in [-0.2, 0) is 9.53 Å². The Morgan fingerprint density at radius 2 is 1.91 bits per heavy atom. The van der Waals surface area contributed by atoms with Gasteiger partial charge in [-0.3, -0.25) is 0 Å². The predicted molar refractivity (Wildman–Crippen MR) is 88.6 cm³/mol. The molecule has 0 radical (unpaired) electrons. The van der Waals surface area contributed by atoms with Crippen LogP contribution in [-0.4, -0.2) is 24.6 Å². The molecule has 5 heteroatoms. The highest BCUT2D eigenvalue weighted by Crippen LogP contribution is 2.11. The SMILES string of the molecule is CCC[C@H](C)NC(=O)Nc1ccc(/C=C/C(=O)OCC)cc1. The zero-order valence-electron chi connectivity index (χ0n) is 13.4. The van der Waals surface area contributed by atoms with Crippen molar-refractivity contribution < 1.29 is 14.3 Å². The number of amides is 2. The summed E-state index contributed by atoms with van der Waals surface area (Å²) in [4.78, 5) is 23.0. The zero-order chi connectivity index (χ0) is 16.4. The molecule has 0 saturated carbocycles. The number of hydrogen-bond acceptors (Lipinski definition) is 3. The lowest BCUT2D eigenvalue weighted by Gasteiger charge is -2.13. The Bertz CT molecular complexity index is 509. The van der Waals surface area contributed by atoms with E-state index in [9.17, 15) is 9.59 Å². The zero-order valence-corrected chi connectivity index (χ0v) is 13.4. The molecule has 0 aromatic heterocycles. The van der Waals surface area contributed by atoms with Gasteiger partial charge >= 0.3 is 12.0 Å². The molecule has 0 bridgehead atoms. The molecule has 2 amide bonds. The van der Waals surface area contributed by atoms with Gasteiger partial charge in [-0.15, -0.1) is 0 Å². The first kappa shape index (κ1) is 17.8. The minimum Gasteiger partial charge on any atom is -0.463 e. The van der Waals surface area contributed by atoms with Gasteiger partial charge in [0.25, 0.3) is 0 Å². The number of anilines is 1. The second-order valence-corrected chi connectivity index (χ2v) is 5.00. The monoisotopic (exact) mass is 304 g/mol. The quantitative estimate of drug-likeness (QED) is 0.597. The molecule has 120 valence electrons. The molecule has 0 aliphatic carbocycles. The van der Waals surface area contributed by atoms with E-state index in [4.69, 9.17) is 4.74 Å². The van der Waals surface area contributed by atoms with Gasteiger partial charge in [-0.25, -0.2) is 9.59 Å². The first-order chi connectivity index (χ1) is 10.5. The van der Waals surface area contributed by atoms with Crippen LogP contribution in [0.3, 0.4) is 0 Å². The van der Waals surface area contributed by atoms with Crippen LogP contribution in [0, 0.1) is 0 Å². The Kier molecular flexibility index (Phi) is 7.75. The first-order valence-corrected chi connectivity index (χ1v) is 7.57. The number of esters is 1. The van der Waals surface area contributed by atoms with E-state index in [1.807, 2.05) is 19.1 Å². The Hall–Kier alpha value is -2.30. The third-order valence-corrected chi connectivity index (χ3v) is 2.97. The topological polar surface area (TPSA) is 67.4 Å². The van der Waals surface area contributed by atoms with E-state index in [2.05, 4.69) is 17.6 Å². The van der Waals surface area contributed by atoms with Gasteiger partial charge in [-0.1, -0.05) is 25.5 Å². The molecule has 0 spiro atoms. The van der Waals surface area contributed by atoms with Gasteiger partial charge in [-0.05, 0) is 44.0 Å². The molecule has 1 atom stereocenters. The average Bonchev–Trinajstić information content (AvgIpc) is 2.47. The Balaban J connectivity index is 2.51. The van der Waals surface area contributed by atoms with E-state index >= 15 is 0 Å². The molecule has 1 rings (SSSR count). The van der Waals surface area contributed by atoms with Gasteiger partial charge < -0.3 is 15.4 Å². The molecular formula is C17H24N2O3. The Morgan fingerprint density at radius 1 is 1.23 bits per heavy atom. The minimum absolute atomic E-state index is 0.150. The molecule has 22 heavy (non-hydrogen) atoms. The van der Waals surface area contributed by atoms with Crippen LogP contribution in [0.25, 0.3) is 6.08 Å². The molecule has 2 N–H and O–H groups in total. The first-order valence-electron chi connectivity index (χ1n) is 7.57. The van der Waals surface area contributed by atoms with Crippen LogP contribution in [0.5, 0.6) is 0 Å². The molecule has 0 saturated heterocycles. The molecule has 0 heterocycles. The van der Waals surface area contributed by atoms with Gasteiger partial charge in [0.15, 0.2) is 0 Å². The molecule has 5 nitrogen and oxygen atoms in total. The van der Waals surface area contributed by atoms with Crippen LogP contribution in [0.4, 0.5) is 10.5 Å². The van der Waals surface area contributed by atoms with Gasteiger partial charge in [0.1, 0.15) is 0 Å². The average molecular weight is 304 g/mol. The van der Waals surface area contributed by atoms with Crippen molar-refractivity contribution in [2.24, 2.45) is 0 Å². The smallest absolute Gasteiger partial charge is 0.330 e. The lowest BCUT2D eigenvalue weighted by atomic mass is 10.2. The second kappa shape index (κ2) is 9.60. The summed E-state index contributed by atoms with van der Waals surface area (Å²) >= 11 is 0. The highest BCUT2D eigenvalue weighted by atomic mass is 16.5. The highest BCUT2D eigenvalue weighted by Gasteiger charge is 2.06. The van der Waals surface area contributed by atoms with E-state index in [1.54, 1.807) is 25.1 Å². The number of urea groups is 1. The number of ether oxygens (including phenoxy) is 1. The maximum absolute atomic E-state index is 11.8. The fourth-order valence-corrected chi connectivity index (χ4v) is 1.93. The third-order valence-electron chi connectivity index (χ3n) is 2.97. The lowest BCUT2D eigenvalue weighted by molar-refractivity contribution is -0.137. The fourth-order valence-electron chi connectivity index (χ4n) is 1.93. The molecule has 1 aromatic carbocycles. The largest absolute Gasteiger partial charge is 0.463 e. The number of carbonyl (C=O) groups is 2. The van der Waals surface area contributed by atoms with Crippen molar-refractivity contribution in [2.75, 3.05) is 11.9 Å². The summed E-state index contributed by atoms with van der Waals surface area (Å²) < 4.78 is 4.81. The van der Waals surface area contributed by atoms with Gasteiger partial charge in [-0.2, -0.15) is 0 Å². The van der Waals surface area contributed by atoms with E-state index in [0.717, 1.165) is 18.4 Å². The molecule has 0 fully saturated rings. The normalized spacial score (nSPS) is 12.0. The number of rotatable bonds is 7. The van der Waals surface area contributed by atoms with Crippen molar-refractivity contribution in [1.82, 2.24) is 5.32 Å². The summed E-state index contributed by atoms with van der Waals surface area (Å²) in [5.74, 6) is -0.367. The third kappa shape index (κ3) is 6.92. The number of hydrogen-bond donors (Lipinski definition) is 2. The molecule has 0 aliphatic rings. The second-order valence-electron chi connectivity index (χ2n) is 5.00. The van der Waals surface area contributed by atoms with Gasteiger partial charge in [0, 0.05) is 17.8 Å². The summed E-state index contributed by atoms with van der Waals surface area (Å²) in [7, 11) is 0. The lowest BCUT2D eigenvalue weighted by Crippen LogP contribution is -2.35. The van der Waals surface area contributed by atoms with Crippen LogP contribution in [0.15, 0.2) is 30.3 Å². The molecule has 0 unspecified atom stereocenters. The summed E-state index contributed by atoms with van der Waals surface area (Å²) in [5, 5.41) is 5.65. The van der Waals surface area contributed by atoms with Crippen molar-refractivity contribution in [1.29, 1.82) is 0 Å². The van der Waals surface area contributed by atoms with Crippen molar-refractivity contribution in [2.45, 2.75) is 39.7 Å². The molecule has 0 aliphatic heterocycles. The summed E-state index contributed by atoms with van der Waals surface area (Å²) in [6.45, 7) is 6.18. The van der Waals surface area contributed by atoms with Crippen LogP contribution in [0.2, 0.25) is 0 Å². The van der Waals surface area contributed by atoms with Crippen molar-refractivity contribution >= 4 is 23.8 Å². The predicted octanol–water partition coefficient (Wildman–Crippen LogP) is 3.57. The summed E-state index contributed by atoms with van der Waals surface area (Å²) in [5.41, 5.74) is 1.56. The summed E-state index contributed by atoms with van der Waals surface area (Å²) in [6.07, 6.45) is 5.03.